The van der Waals surface area contributed by atoms with Crippen molar-refractivity contribution in [3.8, 4) is 0 Å². The molecule has 1 saturated heterocycles. The summed E-state index contributed by atoms with van der Waals surface area (Å²) in [7, 11) is 0. The lowest BCUT2D eigenvalue weighted by Crippen LogP contribution is -2.34. The summed E-state index contributed by atoms with van der Waals surface area (Å²) in [6, 6.07) is 4.53. The van der Waals surface area contributed by atoms with E-state index in [1.54, 1.807) is 12.1 Å². The zero-order chi connectivity index (χ0) is 15.4. The molecule has 4 nitrogen and oxygen atoms in total. The molecule has 1 aliphatic rings. The number of rotatable bonds is 5. The zero-order valence-corrected chi connectivity index (χ0v) is 12.7. The molecule has 0 saturated carbocycles. The van der Waals surface area contributed by atoms with E-state index >= 15 is 0 Å². The Kier molecular flexibility index (Phi) is 5.25. The Balaban J connectivity index is 1.96. The van der Waals surface area contributed by atoms with E-state index in [1.807, 2.05) is 6.92 Å². The first kappa shape index (κ1) is 15.9. The van der Waals surface area contributed by atoms with E-state index in [2.05, 4.69) is 5.32 Å². The van der Waals surface area contributed by atoms with Crippen LogP contribution in [0, 0.1) is 11.7 Å². The van der Waals surface area contributed by atoms with Crippen LogP contribution in [0.4, 0.5) is 4.39 Å². The molecule has 2 unspecified atom stereocenters. The van der Waals surface area contributed by atoms with Crippen LogP contribution in [0.1, 0.15) is 30.9 Å². The molecular formula is C15H19FN2O2S. The van der Waals surface area contributed by atoms with Crippen molar-refractivity contribution >= 4 is 23.1 Å². The van der Waals surface area contributed by atoms with E-state index in [9.17, 15) is 9.18 Å². The Morgan fingerprint density at radius 2 is 2.33 bits per heavy atom. The van der Waals surface area contributed by atoms with E-state index in [1.165, 1.54) is 6.07 Å². The zero-order valence-electron chi connectivity index (χ0n) is 11.9. The maximum Gasteiger partial charge on any atom is 0.226 e. The van der Waals surface area contributed by atoms with Crippen molar-refractivity contribution in [2.24, 2.45) is 11.7 Å². The Morgan fingerprint density at radius 3 is 2.95 bits per heavy atom. The predicted molar refractivity (Wildman–Crippen MR) is 82.3 cm³/mol. The van der Waals surface area contributed by atoms with Gasteiger partial charge in [-0.2, -0.15) is 0 Å². The number of carbonyl (C=O) groups is 1. The summed E-state index contributed by atoms with van der Waals surface area (Å²) in [5, 5.41) is 2.77. The van der Waals surface area contributed by atoms with Crippen LogP contribution < -0.4 is 11.1 Å². The molecule has 0 aliphatic carbocycles. The summed E-state index contributed by atoms with van der Waals surface area (Å²) in [5.41, 5.74) is 6.34. The molecule has 1 aromatic carbocycles. The van der Waals surface area contributed by atoms with Gasteiger partial charge in [0.2, 0.25) is 5.91 Å². The molecule has 1 fully saturated rings. The summed E-state index contributed by atoms with van der Waals surface area (Å²) in [4.78, 5) is 12.3. The Morgan fingerprint density at radius 1 is 1.57 bits per heavy atom. The van der Waals surface area contributed by atoms with Gasteiger partial charge in [0.1, 0.15) is 10.8 Å². The number of thiocarbonyl (C=S) groups is 1. The Hall–Kier alpha value is -1.53. The standard InChI is InChI=1S/C15H19FN2O2S/c1-2-13-11(5-6-20-13)15(19)18-8-10-4-3-9(14(17)21)7-12(10)16/h3-4,7,11,13H,2,5-6,8H2,1H3,(H2,17,21)(H,18,19). The molecule has 3 N–H and O–H groups in total. The number of hydrogen-bond acceptors (Lipinski definition) is 3. The second kappa shape index (κ2) is 6.95. The quantitative estimate of drug-likeness (QED) is 0.815. The lowest BCUT2D eigenvalue weighted by molar-refractivity contribution is -0.126. The van der Waals surface area contributed by atoms with Gasteiger partial charge in [-0.25, -0.2) is 4.39 Å². The van der Waals surface area contributed by atoms with Crippen LogP contribution in [0.5, 0.6) is 0 Å². The van der Waals surface area contributed by atoms with E-state index in [4.69, 9.17) is 22.7 Å². The molecule has 0 aromatic heterocycles. The van der Waals surface area contributed by atoms with Gasteiger partial charge in [0.25, 0.3) is 0 Å². The molecule has 1 aliphatic heterocycles. The molecule has 0 radical (unpaired) electrons. The molecule has 6 heteroatoms. The summed E-state index contributed by atoms with van der Waals surface area (Å²) >= 11 is 4.80. The molecular weight excluding hydrogens is 291 g/mol. The number of amides is 1. The molecule has 1 aromatic rings. The third-order valence-electron chi connectivity index (χ3n) is 3.74. The smallest absolute Gasteiger partial charge is 0.226 e. The van der Waals surface area contributed by atoms with Crippen LogP contribution in [0.2, 0.25) is 0 Å². The van der Waals surface area contributed by atoms with E-state index in [0.29, 0.717) is 24.2 Å². The molecule has 1 heterocycles. The number of hydrogen-bond donors (Lipinski definition) is 2. The molecule has 2 atom stereocenters. The van der Waals surface area contributed by atoms with Crippen LogP contribution in [-0.2, 0) is 16.1 Å². The van der Waals surface area contributed by atoms with E-state index in [0.717, 1.165) is 6.42 Å². The first-order chi connectivity index (χ1) is 10.0. The second-order valence-electron chi connectivity index (χ2n) is 5.10. The third-order valence-corrected chi connectivity index (χ3v) is 3.98. The molecule has 0 spiro atoms. The number of carbonyl (C=O) groups excluding carboxylic acids is 1. The molecule has 1 amide bonds. The Bertz CT molecular complexity index is 550. The van der Waals surface area contributed by atoms with Crippen molar-refractivity contribution in [3.63, 3.8) is 0 Å². The third kappa shape index (κ3) is 3.77. The maximum absolute atomic E-state index is 13.9. The fourth-order valence-electron chi connectivity index (χ4n) is 2.51. The molecule has 114 valence electrons. The number of halogens is 1. The summed E-state index contributed by atoms with van der Waals surface area (Å²) in [6.45, 7) is 2.74. The highest BCUT2D eigenvalue weighted by atomic mass is 32.1. The summed E-state index contributed by atoms with van der Waals surface area (Å²) < 4.78 is 19.4. The average molecular weight is 310 g/mol. The van der Waals surface area contributed by atoms with Gasteiger partial charge in [0, 0.05) is 24.3 Å². The van der Waals surface area contributed by atoms with Gasteiger partial charge in [-0.15, -0.1) is 0 Å². The van der Waals surface area contributed by atoms with Gasteiger partial charge < -0.3 is 15.8 Å². The largest absolute Gasteiger partial charge is 0.389 e. The van der Waals surface area contributed by atoms with Gasteiger partial charge in [0.05, 0.1) is 12.0 Å². The van der Waals surface area contributed by atoms with Crippen LogP contribution >= 0.6 is 12.2 Å². The SMILES string of the molecule is CCC1OCCC1C(=O)NCc1ccc(C(N)=S)cc1F. The fraction of sp³-hybridized carbons (Fsp3) is 0.467. The van der Waals surface area contributed by atoms with Crippen molar-refractivity contribution in [3.05, 3.63) is 35.1 Å². The van der Waals surface area contributed by atoms with Gasteiger partial charge in [-0.3, -0.25) is 4.79 Å². The predicted octanol–water partition coefficient (Wildman–Crippen LogP) is 1.89. The van der Waals surface area contributed by atoms with Crippen LogP contribution in [-0.4, -0.2) is 23.6 Å². The highest BCUT2D eigenvalue weighted by molar-refractivity contribution is 7.80. The van der Waals surface area contributed by atoms with Gasteiger partial charge >= 0.3 is 0 Å². The minimum Gasteiger partial charge on any atom is -0.389 e. The fourth-order valence-corrected chi connectivity index (χ4v) is 2.64. The van der Waals surface area contributed by atoms with Crippen molar-refractivity contribution < 1.29 is 13.9 Å². The minimum absolute atomic E-state index is 0.0353. The lowest BCUT2D eigenvalue weighted by Gasteiger charge is -2.16. The highest BCUT2D eigenvalue weighted by Crippen LogP contribution is 2.23. The first-order valence-electron chi connectivity index (χ1n) is 7.00. The summed E-state index contributed by atoms with van der Waals surface area (Å²) in [5.74, 6) is -0.651. The molecule has 2 rings (SSSR count). The maximum atomic E-state index is 13.9. The Labute approximate surface area is 128 Å². The minimum atomic E-state index is -0.421. The number of benzene rings is 1. The van der Waals surface area contributed by atoms with Crippen molar-refractivity contribution in [1.82, 2.24) is 5.32 Å². The molecule has 21 heavy (non-hydrogen) atoms. The number of ether oxygens (including phenoxy) is 1. The number of nitrogens with one attached hydrogen (secondary N) is 1. The molecule has 0 bridgehead atoms. The van der Waals surface area contributed by atoms with Gasteiger partial charge in [-0.1, -0.05) is 31.3 Å². The first-order valence-corrected chi connectivity index (χ1v) is 7.41. The highest BCUT2D eigenvalue weighted by Gasteiger charge is 2.32. The normalized spacial score (nSPS) is 21.2. The van der Waals surface area contributed by atoms with Crippen molar-refractivity contribution in [1.29, 1.82) is 0 Å². The summed E-state index contributed by atoms with van der Waals surface area (Å²) in [6.07, 6.45) is 1.48. The van der Waals surface area contributed by atoms with Gasteiger partial charge in [0.15, 0.2) is 0 Å². The van der Waals surface area contributed by atoms with Crippen LogP contribution in [0.15, 0.2) is 18.2 Å². The van der Waals surface area contributed by atoms with Crippen LogP contribution in [0.3, 0.4) is 0 Å². The van der Waals surface area contributed by atoms with Crippen LogP contribution in [0.25, 0.3) is 0 Å². The van der Waals surface area contributed by atoms with Crippen molar-refractivity contribution in [2.75, 3.05) is 6.61 Å². The average Bonchev–Trinajstić information content (AvgIpc) is 2.94. The van der Waals surface area contributed by atoms with Gasteiger partial charge in [-0.05, 0) is 18.9 Å². The van der Waals surface area contributed by atoms with E-state index < -0.39 is 5.82 Å². The second-order valence-corrected chi connectivity index (χ2v) is 5.54. The number of nitrogens with two attached hydrogens (primary N) is 1. The lowest BCUT2D eigenvalue weighted by atomic mass is 9.98. The van der Waals surface area contributed by atoms with E-state index in [-0.39, 0.29) is 29.5 Å². The van der Waals surface area contributed by atoms with Crippen molar-refractivity contribution in [2.45, 2.75) is 32.4 Å². The topological polar surface area (TPSA) is 64.3 Å². The monoisotopic (exact) mass is 310 g/mol.